The molecule has 3 N–H and O–H groups in total. The largest absolute Gasteiger partial charge is 0.382 e. The Kier molecular flexibility index (Phi) is 3.73. The third kappa shape index (κ3) is 2.72. The smallest absolute Gasteiger partial charge is 0.0992 e. The van der Waals surface area contributed by atoms with E-state index in [1.54, 1.807) is 7.11 Å². The van der Waals surface area contributed by atoms with E-state index in [2.05, 4.69) is 12.8 Å². The molecular formula is C10H17N2O+. The number of hydrogen-bond acceptors (Lipinski definition) is 2. The molecule has 3 heteroatoms. The molecule has 0 heterocycles. The van der Waals surface area contributed by atoms with Gasteiger partial charge in [0.15, 0.2) is 0 Å². The number of ether oxygens (including phenoxy) is 1. The molecule has 0 bridgehead atoms. The van der Waals surface area contributed by atoms with Crippen molar-refractivity contribution in [3.05, 3.63) is 30.3 Å². The van der Waals surface area contributed by atoms with E-state index in [0.29, 0.717) is 12.6 Å². The van der Waals surface area contributed by atoms with Crippen molar-refractivity contribution in [1.29, 1.82) is 0 Å². The van der Waals surface area contributed by atoms with E-state index >= 15 is 0 Å². The van der Waals surface area contributed by atoms with Crippen LogP contribution in [0.15, 0.2) is 30.3 Å². The van der Waals surface area contributed by atoms with Crippen LogP contribution >= 0.6 is 0 Å². The second kappa shape index (κ2) is 4.84. The van der Waals surface area contributed by atoms with Crippen LogP contribution < -0.4 is 10.9 Å². The monoisotopic (exact) mass is 181 g/mol. The van der Waals surface area contributed by atoms with Crippen molar-refractivity contribution < 1.29 is 10.6 Å². The number of quaternary nitrogens is 1. The lowest BCUT2D eigenvalue weighted by Crippen LogP contribution is -2.72. The Morgan fingerprint density at radius 2 is 2.00 bits per heavy atom. The lowest BCUT2D eigenvalue weighted by Gasteiger charge is -2.21. The van der Waals surface area contributed by atoms with Gasteiger partial charge in [-0.25, -0.2) is 5.01 Å². The molecule has 0 aliphatic rings. The summed E-state index contributed by atoms with van der Waals surface area (Å²) >= 11 is 0. The van der Waals surface area contributed by atoms with Crippen LogP contribution in [0.2, 0.25) is 0 Å². The molecule has 1 rings (SSSR count). The highest BCUT2D eigenvalue weighted by Gasteiger charge is 2.12. The van der Waals surface area contributed by atoms with Crippen molar-refractivity contribution in [2.75, 3.05) is 18.7 Å². The molecule has 0 aliphatic heterocycles. The van der Waals surface area contributed by atoms with Gasteiger partial charge in [0.1, 0.15) is 0 Å². The Morgan fingerprint density at radius 1 is 1.38 bits per heavy atom. The fourth-order valence-electron chi connectivity index (χ4n) is 1.21. The van der Waals surface area contributed by atoms with Crippen LogP contribution in [0.5, 0.6) is 0 Å². The molecule has 0 aromatic heterocycles. The highest BCUT2D eigenvalue weighted by atomic mass is 16.5. The second-order valence-electron chi connectivity index (χ2n) is 3.11. The van der Waals surface area contributed by atoms with Gasteiger partial charge in [0, 0.05) is 7.11 Å². The first-order valence-corrected chi connectivity index (χ1v) is 4.39. The summed E-state index contributed by atoms with van der Waals surface area (Å²) in [6, 6.07) is 10.4. The molecule has 1 aromatic rings. The van der Waals surface area contributed by atoms with Gasteiger partial charge in [0.25, 0.3) is 0 Å². The molecule has 13 heavy (non-hydrogen) atoms. The van der Waals surface area contributed by atoms with Gasteiger partial charge in [0.05, 0.1) is 18.3 Å². The van der Waals surface area contributed by atoms with E-state index < -0.39 is 0 Å². The fraction of sp³-hybridized carbons (Fsp3) is 0.400. The highest BCUT2D eigenvalue weighted by molar-refractivity contribution is 5.43. The first kappa shape index (κ1) is 10.0. The first-order valence-electron chi connectivity index (χ1n) is 4.39. The number of methoxy groups -OCH3 is 1. The lowest BCUT2D eigenvalue weighted by atomic mass is 10.2. The Labute approximate surface area is 79.1 Å². The van der Waals surface area contributed by atoms with Gasteiger partial charge in [0.2, 0.25) is 0 Å². The zero-order chi connectivity index (χ0) is 9.68. The van der Waals surface area contributed by atoms with Crippen molar-refractivity contribution in [2.45, 2.75) is 13.0 Å². The van der Waals surface area contributed by atoms with E-state index in [9.17, 15) is 0 Å². The molecule has 0 fully saturated rings. The minimum Gasteiger partial charge on any atom is -0.382 e. The summed E-state index contributed by atoms with van der Waals surface area (Å²) in [7, 11) is 1.70. The summed E-state index contributed by atoms with van der Waals surface area (Å²) in [5, 5.41) is 1.96. The number of benzene rings is 1. The van der Waals surface area contributed by atoms with Gasteiger partial charge < -0.3 is 4.74 Å². The first-order chi connectivity index (χ1) is 6.25. The molecular weight excluding hydrogens is 164 g/mol. The average molecular weight is 181 g/mol. The quantitative estimate of drug-likeness (QED) is 0.694. The van der Waals surface area contributed by atoms with Crippen LogP contribution in [0.25, 0.3) is 0 Å². The zero-order valence-electron chi connectivity index (χ0n) is 8.23. The molecule has 0 amide bonds. The van der Waals surface area contributed by atoms with Crippen molar-refractivity contribution in [3.8, 4) is 0 Å². The molecule has 1 atom stereocenters. The molecule has 0 radical (unpaired) electrons. The lowest BCUT2D eigenvalue weighted by molar-refractivity contribution is -0.393. The number of nitrogens with zero attached hydrogens (tertiary/aromatic N) is 1. The van der Waals surface area contributed by atoms with Crippen LogP contribution in [-0.2, 0) is 4.74 Å². The van der Waals surface area contributed by atoms with E-state index in [0.717, 1.165) is 5.69 Å². The van der Waals surface area contributed by atoms with Crippen molar-refractivity contribution in [3.63, 3.8) is 0 Å². The summed E-state index contributed by atoms with van der Waals surface area (Å²) in [5.74, 6) is 3.98. The van der Waals surface area contributed by atoms with Gasteiger partial charge in [-0.15, -0.1) is 0 Å². The molecule has 1 unspecified atom stereocenters. The molecule has 0 saturated carbocycles. The predicted molar refractivity (Wildman–Crippen MR) is 53.1 cm³/mol. The minimum atomic E-state index is 0.299. The maximum absolute atomic E-state index is 5.06. The highest BCUT2D eigenvalue weighted by Crippen LogP contribution is 2.10. The van der Waals surface area contributed by atoms with Crippen LogP contribution in [0.3, 0.4) is 0 Å². The van der Waals surface area contributed by atoms with Gasteiger partial charge in [-0.05, 0) is 19.1 Å². The molecule has 0 spiro atoms. The predicted octanol–water partition coefficient (Wildman–Crippen LogP) is 0.685. The minimum absolute atomic E-state index is 0.299. The Hall–Kier alpha value is -1.06. The zero-order valence-corrected chi connectivity index (χ0v) is 8.23. The van der Waals surface area contributed by atoms with E-state index in [-0.39, 0.29) is 0 Å². The number of rotatable bonds is 4. The van der Waals surface area contributed by atoms with Crippen molar-refractivity contribution in [1.82, 2.24) is 0 Å². The topological polar surface area (TPSA) is 40.1 Å². The van der Waals surface area contributed by atoms with Crippen LogP contribution in [0, 0.1) is 0 Å². The number of hydrogen-bond donors (Lipinski definition) is 1. The standard InChI is InChI=1S/C10H16N2O/c1-9(8-13-2)12(11)10-6-4-3-5-7-10/h3-7,9H,8,11H2,1-2H3/p+1. The Morgan fingerprint density at radius 3 is 2.54 bits per heavy atom. The second-order valence-corrected chi connectivity index (χ2v) is 3.11. The van der Waals surface area contributed by atoms with Gasteiger partial charge in [-0.3, -0.25) is 5.84 Å². The fourth-order valence-corrected chi connectivity index (χ4v) is 1.21. The number of anilines is 1. The third-order valence-corrected chi connectivity index (χ3v) is 2.03. The summed E-state index contributed by atoms with van der Waals surface area (Å²) in [5.41, 5.74) is 1.12. The van der Waals surface area contributed by atoms with Crippen LogP contribution in [0.1, 0.15) is 6.92 Å². The van der Waals surface area contributed by atoms with E-state index in [1.807, 2.05) is 35.3 Å². The maximum Gasteiger partial charge on any atom is 0.0992 e. The third-order valence-electron chi connectivity index (χ3n) is 2.03. The molecule has 3 nitrogen and oxygen atoms in total. The number of para-hydroxylation sites is 1. The molecule has 0 saturated heterocycles. The van der Waals surface area contributed by atoms with Crippen molar-refractivity contribution in [2.24, 2.45) is 0 Å². The van der Waals surface area contributed by atoms with Crippen LogP contribution in [0.4, 0.5) is 5.69 Å². The Balaban J connectivity index is 2.62. The summed E-state index contributed by atoms with van der Waals surface area (Å²) in [6.07, 6.45) is 0. The van der Waals surface area contributed by atoms with Gasteiger partial charge in [-0.2, -0.15) is 0 Å². The normalized spacial score (nSPS) is 12.5. The summed E-state index contributed by atoms with van der Waals surface area (Å²) < 4.78 is 5.06. The molecule has 0 aliphatic carbocycles. The average Bonchev–Trinajstić information content (AvgIpc) is 2.18. The van der Waals surface area contributed by atoms with Crippen molar-refractivity contribution >= 4 is 5.69 Å². The van der Waals surface area contributed by atoms with Gasteiger partial charge in [-0.1, -0.05) is 18.2 Å². The molecule has 1 aromatic carbocycles. The summed E-state index contributed by atoms with van der Waals surface area (Å²) in [4.78, 5) is 0. The van der Waals surface area contributed by atoms with Crippen LogP contribution in [-0.4, -0.2) is 19.8 Å². The molecule has 72 valence electrons. The SMILES string of the molecule is COCC(C)N([NH3+])c1ccccc1. The van der Waals surface area contributed by atoms with E-state index in [4.69, 9.17) is 4.74 Å². The Bertz CT molecular complexity index is 238. The summed E-state index contributed by atoms with van der Waals surface area (Å²) in [6.45, 7) is 2.78. The van der Waals surface area contributed by atoms with E-state index in [1.165, 1.54) is 0 Å². The maximum atomic E-state index is 5.06. The van der Waals surface area contributed by atoms with Gasteiger partial charge >= 0.3 is 0 Å².